The van der Waals surface area contributed by atoms with Gasteiger partial charge in [-0.15, -0.1) is 0 Å². The highest BCUT2D eigenvalue weighted by Crippen LogP contribution is 2.30. The lowest BCUT2D eigenvalue weighted by molar-refractivity contribution is -0.134. The van der Waals surface area contributed by atoms with Crippen molar-refractivity contribution in [2.75, 3.05) is 31.3 Å². The van der Waals surface area contributed by atoms with E-state index in [-0.39, 0.29) is 12.5 Å². The molecule has 2 rings (SSSR count). The summed E-state index contributed by atoms with van der Waals surface area (Å²) < 4.78 is 10.9. The standard InChI is InChI=1S/C14H19NO4/c1-2-18-12-6-4-3-5-11(12)15-8-10-19-13(7-9-16)14(15)17/h3-6,13,16H,2,7-10H2,1H3. The van der Waals surface area contributed by atoms with E-state index in [1.54, 1.807) is 4.90 Å². The Balaban J connectivity index is 2.22. The van der Waals surface area contributed by atoms with Crippen LogP contribution in [0.5, 0.6) is 5.75 Å². The molecule has 1 heterocycles. The summed E-state index contributed by atoms with van der Waals surface area (Å²) in [4.78, 5) is 14.0. The lowest BCUT2D eigenvalue weighted by Gasteiger charge is -2.33. The van der Waals surface area contributed by atoms with Crippen molar-refractivity contribution in [3.8, 4) is 5.75 Å². The number of carbonyl (C=O) groups is 1. The first kappa shape index (κ1) is 13.8. The zero-order chi connectivity index (χ0) is 13.7. The number of rotatable bonds is 5. The van der Waals surface area contributed by atoms with Crippen LogP contribution in [-0.4, -0.2) is 43.5 Å². The molecule has 5 nitrogen and oxygen atoms in total. The van der Waals surface area contributed by atoms with Gasteiger partial charge >= 0.3 is 0 Å². The molecule has 1 amide bonds. The van der Waals surface area contributed by atoms with E-state index < -0.39 is 6.10 Å². The Labute approximate surface area is 112 Å². The van der Waals surface area contributed by atoms with E-state index in [1.807, 2.05) is 31.2 Å². The molecular weight excluding hydrogens is 246 g/mol. The highest BCUT2D eigenvalue weighted by molar-refractivity contribution is 5.98. The van der Waals surface area contributed by atoms with E-state index >= 15 is 0 Å². The lowest BCUT2D eigenvalue weighted by atomic mass is 10.1. The van der Waals surface area contributed by atoms with Gasteiger partial charge in [-0.3, -0.25) is 4.79 Å². The second kappa shape index (κ2) is 6.54. The van der Waals surface area contributed by atoms with Gasteiger partial charge in [0.25, 0.3) is 5.91 Å². The Hall–Kier alpha value is -1.59. The average Bonchev–Trinajstić information content (AvgIpc) is 2.43. The number of ether oxygens (including phenoxy) is 2. The van der Waals surface area contributed by atoms with Crippen molar-refractivity contribution in [3.05, 3.63) is 24.3 Å². The van der Waals surface area contributed by atoms with Crippen molar-refractivity contribution in [3.63, 3.8) is 0 Å². The van der Waals surface area contributed by atoms with Gasteiger partial charge < -0.3 is 19.5 Å². The summed E-state index contributed by atoms with van der Waals surface area (Å²) in [6, 6.07) is 7.47. The Kier molecular flexibility index (Phi) is 4.76. The zero-order valence-corrected chi connectivity index (χ0v) is 11.0. The third kappa shape index (κ3) is 3.05. The molecule has 1 saturated heterocycles. The molecule has 104 valence electrons. The normalized spacial score (nSPS) is 19.6. The molecule has 1 aliphatic rings. The SMILES string of the molecule is CCOc1ccccc1N1CCOC(CCO)C1=O. The van der Waals surface area contributed by atoms with Gasteiger partial charge in [0.15, 0.2) is 0 Å². The fraction of sp³-hybridized carbons (Fsp3) is 0.500. The van der Waals surface area contributed by atoms with Gasteiger partial charge in [0, 0.05) is 19.6 Å². The maximum Gasteiger partial charge on any atom is 0.256 e. The molecular formula is C14H19NO4. The minimum atomic E-state index is -0.562. The van der Waals surface area contributed by atoms with Crippen molar-refractivity contribution >= 4 is 11.6 Å². The summed E-state index contributed by atoms with van der Waals surface area (Å²) in [5.74, 6) is 0.579. The quantitative estimate of drug-likeness (QED) is 0.869. The van der Waals surface area contributed by atoms with Gasteiger partial charge in [0.05, 0.1) is 18.9 Å². The summed E-state index contributed by atoms with van der Waals surface area (Å²) in [6.07, 6.45) is -0.236. The number of para-hydroxylation sites is 2. The summed E-state index contributed by atoms with van der Waals surface area (Å²) in [5, 5.41) is 8.96. The molecule has 1 N–H and O–H groups in total. The van der Waals surface area contributed by atoms with E-state index in [4.69, 9.17) is 14.6 Å². The van der Waals surface area contributed by atoms with Crippen molar-refractivity contribution in [1.82, 2.24) is 0 Å². The van der Waals surface area contributed by atoms with Crippen LogP contribution in [0, 0.1) is 0 Å². The van der Waals surface area contributed by atoms with Crippen LogP contribution in [0.3, 0.4) is 0 Å². The first-order chi connectivity index (χ1) is 9.27. The highest BCUT2D eigenvalue weighted by Gasteiger charge is 2.31. The van der Waals surface area contributed by atoms with E-state index in [2.05, 4.69) is 0 Å². The molecule has 0 aliphatic carbocycles. The molecule has 1 fully saturated rings. The Morgan fingerprint density at radius 3 is 3.00 bits per heavy atom. The van der Waals surface area contributed by atoms with Gasteiger partial charge in [-0.05, 0) is 19.1 Å². The number of morpholine rings is 1. The maximum atomic E-state index is 12.3. The summed E-state index contributed by atoms with van der Waals surface area (Å²) in [6.45, 7) is 3.38. The van der Waals surface area contributed by atoms with Crippen LogP contribution in [0.1, 0.15) is 13.3 Å². The van der Waals surface area contributed by atoms with Crippen LogP contribution in [0.25, 0.3) is 0 Å². The van der Waals surface area contributed by atoms with Crippen LogP contribution < -0.4 is 9.64 Å². The molecule has 0 radical (unpaired) electrons. The number of carbonyl (C=O) groups excluding carboxylic acids is 1. The highest BCUT2D eigenvalue weighted by atomic mass is 16.5. The van der Waals surface area contributed by atoms with Gasteiger partial charge in [-0.2, -0.15) is 0 Å². The predicted molar refractivity (Wildman–Crippen MR) is 71.4 cm³/mol. The third-order valence-corrected chi connectivity index (χ3v) is 3.02. The number of hydrogen-bond acceptors (Lipinski definition) is 4. The lowest BCUT2D eigenvalue weighted by Crippen LogP contribution is -2.48. The van der Waals surface area contributed by atoms with Crippen LogP contribution in [0.15, 0.2) is 24.3 Å². The molecule has 1 aliphatic heterocycles. The molecule has 0 saturated carbocycles. The number of aliphatic hydroxyl groups is 1. The van der Waals surface area contributed by atoms with Crippen molar-refractivity contribution in [2.24, 2.45) is 0 Å². The summed E-state index contributed by atoms with van der Waals surface area (Å²) in [7, 11) is 0. The van der Waals surface area contributed by atoms with E-state index in [9.17, 15) is 4.79 Å². The Morgan fingerprint density at radius 1 is 1.47 bits per heavy atom. The van der Waals surface area contributed by atoms with Crippen molar-refractivity contribution in [2.45, 2.75) is 19.4 Å². The number of nitrogens with zero attached hydrogens (tertiary/aromatic N) is 1. The van der Waals surface area contributed by atoms with Gasteiger partial charge in [-0.25, -0.2) is 0 Å². The molecule has 1 aromatic rings. The molecule has 1 aromatic carbocycles. The smallest absolute Gasteiger partial charge is 0.256 e. The average molecular weight is 265 g/mol. The van der Waals surface area contributed by atoms with Gasteiger partial charge in [-0.1, -0.05) is 12.1 Å². The summed E-state index contributed by atoms with van der Waals surface area (Å²) >= 11 is 0. The van der Waals surface area contributed by atoms with E-state index in [0.717, 1.165) is 5.69 Å². The first-order valence-electron chi connectivity index (χ1n) is 6.53. The Morgan fingerprint density at radius 2 is 2.26 bits per heavy atom. The van der Waals surface area contributed by atoms with E-state index in [1.165, 1.54) is 0 Å². The zero-order valence-electron chi connectivity index (χ0n) is 11.0. The third-order valence-electron chi connectivity index (χ3n) is 3.02. The molecule has 0 aromatic heterocycles. The van der Waals surface area contributed by atoms with Crippen molar-refractivity contribution in [1.29, 1.82) is 0 Å². The second-order valence-electron chi connectivity index (χ2n) is 4.26. The van der Waals surface area contributed by atoms with Gasteiger partial charge in [0.1, 0.15) is 11.9 Å². The van der Waals surface area contributed by atoms with Crippen LogP contribution in [-0.2, 0) is 9.53 Å². The Bertz CT molecular complexity index is 433. The number of amides is 1. The molecule has 1 unspecified atom stereocenters. The summed E-state index contributed by atoms with van der Waals surface area (Å²) in [5.41, 5.74) is 0.764. The number of aliphatic hydroxyl groups excluding tert-OH is 1. The number of hydrogen-bond donors (Lipinski definition) is 1. The molecule has 19 heavy (non-hydrogen) atoms. The van der Waals surface area contributed by atoms with Gasteiger partial charge in [0.2, 0.25) is 0 Å². The molecule has 0 spiro atoms. The maximum absolute atomic E-state index is 12.3. The van der Waals surface area contributed by atoms with Crippen LogP contribution in [0.4, 0.5) is 5.69 Å². The van der Waals surface area contributed by atoms with Crippen LogP contribution in [0.2, 0.25) is 0 Å². The molecule has 0 bridgehead atoms. The molecule has 5 heteroatoms. The number of benzene rings is 1. The monoisotopic (exact) mass is 265 g/mol. The minimum absolute atomic E-state index is 0.0582. The van der Waals surface area contributed by atoms with Crippen LogP contribution >= 0.6 is 0 Å². The van der Waals surface area contributed by atoms with E-state index in [0.29, 0.717) is 31.9 Å². The second-order valence-corrected chi connectivity index (χ2v) is 4.26. The largest absolute Gasteiger partial charge is 0.492 e. The number of anilines is 1. The molecule has 1 atom stereocenters. The minimum Gasteiger partial charge on any atom is -0.492 e. The van der Waals surface area contributed by atoms with Crippen molar-refractivity contribution < 1.29 is 19.4 Å². The first-order valence-corrected chi connectivity index (χ1v) is 6.53. The predicted octanol–water partition coefficient (Wildman–Crippen LogP) is 1.20. The topological polar surface area (TPSA) is 59.0 Å². The fourth-order valence-corrected chi connectivity index (χ4v) is 2.16. The fourth-order valence-electron chi connectivity index (χ4n) is 2.16.